The molecule has 4 heteroatoms. The molecule has 2 aliphatic rings. The van der Waals surface area contributed by atoms with Crippen molar-refractivity contribution in [2.24, 2.45) is 11.8 Å². The summed E-state index contributed by atoms with van der Waals surface area (Å²) in [6, 6.07) is 0. The van der Waals surface area contributed by atoms with Gasteiger partial charge in [0, 0.05) is 26.2 Å². The van der Waals surface area contributed by atoms with Gasteiger partial charge in [0.1, 0.15) is 5.54 Å². The van der Waals surface area contributed by atoms with Gasteiger partial charge in [-0.1, -0.05) is 26.7 Å². The van der Waals surface area contributed by atoms with E-state index in [9.17, 15) is 9.90 Å². The fourth-order valence-corrected chi connectivity index (χ4v) is 3.92. The first-order valence-corrected chi connectivity index (χ1v) is 8.13. The van der Waals surface area contributed by atoms with Crippen LogP contribution < -0.4 is 0 Å². The number of piperazine rings is 1. The second kappa shape index (κ2) is 6.44. The van der Waals surface area contributed by atoms with Crippen LogP contribution in [0, 0.1) is 11.8 Å². The van der Waals surface area contributed by atoms with E-state index in [4.69, 9.17) is 0 Å². The minimum atomic E-state index is -0.592. The van der Waals surface area contributed by atoms with Gasteiger partial charge in [0.25, 0.3) is 0 Å². The Hall–Kier alpha value is -0.610. The first-order chi connectivity index (χ1) is 9.45. The minimum absolute atomic E-state index is 0.591. The summed E-state index contributed by atoms with van der Waals surface area (Å²) >= 11 is 0. The lowest BCUT2D eigenvalue weighted by Crippen LogP contribution is -2.60. The molecule has 0 spiro atoms. The molecule has 1 saturated heterocycles. The minimum Gasteiger partial charge on any atom is -0.480 e. The van der Waals surface area contributed by atoms with Gasteiger partial charge in [0.2, 0.25) is 0 Å². The van der Waals surface area contributed by atoms with Gasteiger partial charge in [-0.15, -0.1) is 0 Å². The summed E-state index contributed by atoms with van der Waals surface area (Å²) in [6.07, 6.45) is 4.97. The van der Waals surface area contributed by atoms with Crippen LogP contribution in [0.5, 0.6) is 0 Å². The summed E-state index contributed by atoms with van der Waals surface area (Å²) in [6.45, 7) is 8.32. The van der Waals surface area contributed by atoms with Gasteiger partial charge in [-0.3, -0.25) is 9.69 Å². The Bertz CT molecular complexity index is 337. The Balaban J connectivity index is 2.11. The molecule has 0 aromatic carbocycles. The Labute approximate surface area is 123 Å². The monoisotopic (exact) mass is 282 g/mol. The number of hydrogen-bond donors (Lipinski definition) is 1. The molecule has 0 aromatic heterocycles. The number of carboxylic acids is 1. The maximum atomic E-state index is 12.0. The molecule has 1 aliphatic heterocycles. The van der Waals surface area contributed by atoms with E-state index in [-0.39, 0.29) is 0 Å². The van der Waals surface area contributed by atoms with Gasteiger partial charge in [0.15, 0.2) is 0 Å². The molecule has 1 heterocycles. The lowest BCUT2D eigenvalue weighted by atomic mass is 9.85. The molecule has 2 fully saturated rings. The van der Waals surface area contributed by atoms with Gasteiger partial charge < -0.3 is 10.0 Å². The van der Waals surface area contributed by atoms with Crippen molar-refractivity contribution in [1.29, 1.82) is 0 Å². The van der Waals surface area contributed by atoms with E-state index < -0.39 is 11.5 Å². The van der Waals surface area contributed by atoms with E-state index in [1.807, 2.05) is 0 Å². The first kappa shape index (κ1) is 15.8. The molecule has 2 rings (SSSR count). The molecule has 20 heavy (non-hydrogen) atoms. The Morgan fingerprint density at radius 3 is 2.35 bits per heavy atom. The summed E-state index contributed by atoms with van der Waals surface area (Å²) < 4.78 is 0. The number of likely N-dealkylation sites (N-methyl/N-ethyl adjacent to an activating group) is 1. The zero-order valence-electron chi connectivity index (χ0n) is 13.3. The van der Waals surface area contributed by atoms with Gasteiger partial charge in [-0.2, -0.15) is 0 Å². The van der Waals surface area contributed by atoms with Gasteiger partial charge in [0.05, 0.1) is 0 Å². The van der Waals surface area contributed by atoms with E-state index in [0.717, 1.165) is 51.9 Å². The van der Waals surface area contributed by atoms with Crippen LogP contribution in [-0.4, -0.2) is 59.6 Å². The molecule has 4 nitrogen and oxygen atoms in total. The predicted molar refractivity (Wildman–Crippen MR) is 80.8 cm³/mol. The normalized spacial score (nSPS) is 34.1. The largest absolute Gasteiger partial charge is 0.480 e. The lowest BCUT2D eigenvalue weighted by molar-refractivity contribution is -0.154. The summed E-state index contributed by atoms with van der Waals surface area (Å²) in [5.74, 6) is 0.780. The number of nitrogens with zero attached hydrogens (tertiary/aromatic N) is 2. The van der Waals surface area contributed by atoms with Crippen LogP contribution in [0.1, 0.15) is 46.0 Å². The quantitative estimate of drug-likeness (QED) is 0.807. The van der Waals surface area contributed by atoms with E-state index in [0.29, 0.717) is 11.8 Å². The van der Waals surface area contributed by atoms with Crippen LogP contribution in [0.4, 0.5) is 0 Å². The average molecular weight is 282 g/mol. The number of carboxylic acid groups (broad SMARTS) is 1. The highest BCUT2D eigenvalue weighted by Crippen LogP contribution is 2.38. The highest BCUT2D eigenvalue weighted by molar-refractivity contribution is 5.78. The zero-order chi connectivity index (χ0) is 14.8. The molecular weight excluding hydrogens is 252 g/mol. The molecule has 0 radical (unpaired) electrons. The molecule has 1 N–H and O–H groups in total. The van der Waals surface area contributed by atoms with Crippen molar-refractivity contribution in [2.45, 2.75) is 51.5 Å². The highest BCUT2D eigenvalue weighted by atomic mass is 16.4. The molecule has 1 saturated carbocycles. The molecule has 116 valence electrons. The number of hydrogen-bond acceptors (Lipinski definition) is 3. The molecule has 2 unspecified atom stereocenters. The van der Waals surface area contributed by atoms with Crippen molar-refractivity contribution in [1.82, 2.24) is 9.80 Å². The van der Waals surface area contributed by atoms with E-state index in [1.165, 1.54) is 6.42 Å². The van der Waals surface area contributed by atoms with E-state index >= 15 is 0 Å². The predicted octanol–water partition coefficient (Wildman–Crippen LogP) is 2.29. The van der Waals surface area contributed by atoms with Gasteiger partial charge in [-0.05, 0) is 38.1 Å². The van der Waals surface area contributed by atoms with Crippen molar-refractivity contribution in [2.75, 3.05) is 33.2 Å². The number of aliphatic carboxylic acids is 1. The van der Waals surface area contributed by atoms with E-state index in [2.05, 4.69) is 30.7 Å². The number of carbonyl (C=O) groups is 1. The molecule has 0 bridgehead atoms. The first-order valence-electron chi connectivity index (χ1n) is 8.13. The molecule has 1 aliphatic carbocycles. The third kappa shape index (κ3) is 3.17. The second-order valence-electron chi connectivity index (χ2n) is 7.06. The maximum absolute atomic E-state index is 12.0. The molecule has 0 aromatic rings. The number of rotatable bonds is 3. The molecule has 2 atom stereocenters. The van der Waals surface area contributed by atoms with Crippen molar-refractivity contribution >= 4 is 5.97 Å². The second-order valence-corrected chi connectivity index (χ2v) is 7.06. The van der Waals surface area contributed by atoms with Crippen molar-refractivity contribution in [3.8, 4) is 0 Å². The Kier molecular flexibility index (Phi) is 5.08. The maximum Gasteiger partial charge on any atom is 0.324 e. The average Bonchev–Trinajstić information content (AvgIpc) is 2.63. The topological polar surface area (TPSA) is 43.8 Å². The van der Waals surface area contributed by atoms with Crippen molar-refractivity contribution < 1.29 is 9.90 Å². The summed E-state index contributed by atoms with van der Waals surface area (Å²) in [7, 11) is 2.12. The fourth-order valence-electron chi connectivity index (χ4n) is 3.92. The third-order valence-corrected chi connectivity index (χ3v) is 5.54. The van der Waals surface area contributed by atoms with Gasteiger partial charge >= 0.3 is 5.97 Å². The summed E-state index contributed by atoms with van der Waals surface area (Å²) in [5.41, 5.74) is -0.592. The van der Waals surface area contributed by atoms with E-state index in [1.54, 1.807) is 0 Å². The highest BCUT2D eigenvalue weighted by Gasteiger charge is 2.45. The van der Waals surface area contributed by atoms with Crippen molar-refractivity contribution in [3.05, 3.63) is 0 Å². The fraction of sp³-hybridized carbons (Fsp3) is 0.938. The summed E-state index contributed by atoms with van der Waals surface area (Å²) in [5, 5.41) is 9.90. The summed E-state index contributed by atoms with van der Waals surface area (Å²) in [4.78, 5) is 16.6. The zero-order valence-corrected chi connectivity index (χ0v) is 13.3. The van der Waals surface area contributed by atoms with Crippen LogP contribution in [-0.2, 0) is 4.79 Å². The van der Waals surface area contributed by atoms with Crippen LogP contribution in [0.25, 0.3) is 0 Å². The smallest absolute Gasteiger partial charge is 0.324 e. The van der Waals surface area contributed by atoms with Crippen LogP contribution in [0.15, 0.2) is 0 Å². The molecule has 0 amide bonds. The van der Waals surface area contributed by atoms with Gasteiger partial charge in [-0.25, -0.2) is 0 Å². The van der Waals surface area contributed by atoms with Crippen LogP contribution in [0.2, 0.25) is 0 Å². The SMILES string of the molecule is CC(C)C1CCCC(C(=O)O)(N2CCN(C)CC2)CC1. The molecular formula is C16H30N2O2. The van der Waals surface area contributed by atoms with Crippen LogP contribution in [0.3, 0.4) is 0 Å². The van der Waals surface area contributed by atoms with Crippen LogP contribution >= 0.6 is 0 Å². The Morgan fingerprint density at radius 1 is 1.15 bits per heavy atom. The standard InChI is InChI=1S/C16H30N2O2/c1-13(2)14-5-4-7-16(8-6-14,15(19)20)18-11-9-17(3)10-12-18/h13-14H,4-12H2,1-3H3,(H,19,20). The third-order valence-electron chi connectivity index (χ3n) is 5.54. The lowest BCUT2D eigenvalue weighted by Gasteiger charge is -2.44. The van der Waals surface area contributed by atoms with Crippen molar-refractivity contribution in [3.63, 3.8) is 0 Å². The Morgan fingerprint density at radius 2 is 1.80 bits per heavy atom.